The molecule has 6 heteroatoms. The number of hydrogen-bond donors (Lipinski definition) is 0. The van der Waals surface area contributed by atoms with Gasteiger partial charge in [-0.2, -0.15) is 5.26 Å². The number of ether oxygens (including phenoxy) is 1. The summed E-state index contributed by atoms with van der Waals surface area (Å²) in [6.07, 6.45) is 0.293. The molecule has 0 bridgehead atoms. The zero-order chi connectivity index (χ0) is 20.5. The van der Waals surface area contributed by atoms with Gasteiger partial charge in [-0.1, -0.05) is 30.0 Å². The first-order chi connectivity index (χ1) is 14.0. The zero-order valence-corrected chi connectivity index (χ0v) is 17.6. The van der Waals surface area contributed by atoms with Crippen LogP contribution in [0.1, 0.15) is 29.0 Å². The molecule has 2 aromatic rings. The van der Waals surface area contributed by atoms with Crippen LogP contribution in [0.15, 0.2) is 53.1 Å². The van der Waals surface area contributed by atoms with E-state index in [1.807, 2.05) is 24.3 Å². The number of methoxy groups -OCH3 is 1. The van der Waals surface area contributed by atoms with Crippen LogP contribution < -0.4 is 9.64 Å². The molecule has 2 aliphatic rings. The molecule has 0 radical (unpaired) electrons. The Morgan fingerprint density at radius 3 is 2.72 bits per heavy atom. The Kier molecular flexibility index (Phi) is 5.25. The van der Waals surface area contributed by atoms with E-state index in [1.165, 1.54) is 11.1 Å². The average Bonchev–Trinajstić information content (AvgIpc) is 2.75. The fourth-order valence-electron chi connectivity index (χ4n) is 3.79. The number of benzene rings is 2. The topological polar surface area (TPSA) is 56.6 Å². The summed E-state index contributed by atoms with van der Waals surface area (Å²) in [6.45, 7) is 4.66. The lowest BCUT2D eigenvalue weighted by Gasteiger charge is -2.42. The van der Waals surface area contributed by atoms with Gasteiger partial charge in [-0.05, 0) is 54.8 Å². The van der Waals surface area contributed by atoms with E-state index >= 15 is 0 Å². The number of amides is 1. The van der Waals surface area contributed by atoms with Gasteiger partial charge in [0.25, 0.3) is 0 Å². The van der Waals surface area contributed by atoms with Crippen LogP contribution in [0.2, 0.25) is 0 Å². The summed E-state index contributed by atoms with van der Waals surface area (Å²) in [6, 6.07) is 16.4. The van der Waals surface area contributed by atoms with Crippen LogP contribution >= 0.6 is 11.8 Å². The van der Waals surface area contributed by atoms with Gasteiger partial charge in [0.05, 0.1) is 36.3 Å². The minimum atomic E-state index is -0.227. The van der Waals surface area contributed by atoms with Crippen LogP contribution in [0.25, 0.3) is 0 Å². The lowest BCUT2D eigenvalue weighted by atomic mass is 9.86. The van der Waals surface area contributed by atoms with E-state index in [1.54, 1.807) is 23.8 Å². The van der Waals surface area contributed by atoms with Gasteiger partial charge in [0.15, 0.2) is 0 Å². The van der Waals surface area contributed by atoms with Crippen molar-refractivity contribution < 1.29 is 9.53 Å². The highest BCUT2D eigenvalue weighted by atomic mass is 32.2. The van der Waals surface area contributed by atoms with Crippen molar-refractivity contribution in [2.24, 2.45) is 0 Å². The first-order valence-corrected chi connectivity index (χ1v) is 10.5. The minimum Gasteiger partial charge on any atom is -0.497 e. The number of fused-ring (bicyclic) bond motifs is 1. The third-order valence-corrected chi connectivity index (χ3v) is 6.80. The molecule has 1 amide bonds. The van der Waals surface area contributed by atoms with E-state index in [0.717, 1.165) is 22.0 Å². The van der Waals surface area contributed by atoms with Crippen molar-refractivity contribution in [3.63, 3.8) is 0 Å². The number of thioether (sulfide) groups is 1. The molecule has 0 aliphatic carbocycles. The molecule has 2 heterocycles. The molecule has 0 spiro atoms. The highest BCUT2D eigenvalue weighted by Gasteiger charge is 2.38. The first kappa shape index (κ1) is 19.4. The predicted molar refractivity (Wildman–Crippen MR) is 116 cm³/mol. The summed E-state index contributed by atoms with van der Waals surface area (Å²) in [5, 5.41) is 10.7. The zero-order valence-electron chi connectivity index (χ0n) is 16.8. The molecular formula is C23H23N3O2S. The van der Waals surface area contributed by atoms with Crippen molar-refractivity contribution in [1.29, 1.82) is 5.26 Å². The first-order valence-electron chi connectivity index (χ1n) is 9.55. The third-order valence-electron chi connectivity index (χ3n) is 5.65. The summed E-state index contributed by atoms with van der Waals surface area (Å²) in [7, 11) is 1.62. The quantitative estimate of drug-likeness (QED) is 0.751. The van der Waals surface area contributed by atoms with Gasteiger partial charge >= 0.3 is 0 Å². The smallest absolute Gasteiger partial charge is 0.229 e. The van der Waals surface area contributed by atoms with E-state index < -0.39 is 0 Å². The average molecular weight is 406 g/mol. The SMILES string of the molecule is COc1cccc([C@@H]2CC(=O)N3CN(c4ccc(C)c(C)c4)CSC3=C2C#N)c1. The van der Waals surface area contributed by atoms with Crippen LogP contribution in [0.3, 0.4) is 0 Å². The van der Waals surface area contributed by atoms with E-state index in [4.69, 9.17) is 4.74 Å². The van der Waals surface area contributed by atoms with Gasteiger partial charge in [-0.15, -0.1) is 0 Å². The number of aryl methyl sites for hydroxylation is 2. The predicted octanol–water partition coefficient (Wildman–Crippen LogP) is 4.53. The normalized spacial score (nSPS) is 19.1. The Hall–Kier alpha value is -2.91. The molecule has 0 saturated carbocycles. The highest BCUT2D eigenvalue weighted by molar-refractivity contribution is 8.03. The minimum absolute atomic E-state index is 0.0489. The molecule has 1 saturated heterocycles. The maximum atomic E-state index is 13.0. The summed E-state index contributed by atoms with van der Waals surface area (Å²) in [5.41, 5.74) is 5.19. The Morgan fingerprint density at radius 2 is 2.00 bits per heavy atom. The van der Waals surface area contributed by atoms with Gasteiger partial charge in [0.1, 0.15) is 5.75 Å². The number of carbonyl (C=O) groups excluding carboxylic acids is 1. The summed E-state index contributed by atoms with van der Waals surface area (Å²) in [5.74, 6) is 1.26. The lowest BCUT2D eigenvalue weighted by molar-refractivity contribution is -0.129. The van der Waals surface area contributed by atoms with Gasteiger partial charge in [-0.3, -0.25) is 9.69 Å². The highest BCUT2D eigenvalue weighted by Crippen LogP contribution is 2.43. The fraction of sp³-hybridized carbons (Fsp3) is 0.304. The fourth-order valence-corrected chi connectivity index (χ4v) is 4.96. The van der Waals surface area contributed by atoms with E-state index in [0.29, 0.717) is 24.5 Å². The van der Waals surface area contributed by atoms with E-state index in [-0.39, 0.29) is 11.8 Å². The van der Waals surface area contributed by atoms with Crippen LogP contribution in [0.5, 0.6) is 5.75 Å². The Morgan fingerprint density at radius 1 is 1.17 bits per heavy atom. The van der Waals surface area contributed by atoms with Gasteiger partial charge < -0.3 is 9.64 Å². The molecule has 29 heavy (non-hydrogen) atoms. The number of hydrogen-bond acceptors (Lipinski definition) is 5. The third kappa shape index (κ3) is 3.58. The lowest BCUT2D eigenvalue weighted by Crippen LogP contribution is -2.47. The number of allylic oxidation sites excluding steroid dienone is 1. The van der Waals surface area contributed by atoms with Crippen molar-refractivity contribution in [2.45, 2.75) is 26.2 Å². The van der Waals surface area contributed by atoms with E-state index in [9.17, 15) is 10.1 Å². The molecule has 1 atom stereocenters. The Bertz CT molecular complexity index is 1040. The number of carbonyl (C=O) groups is 1. The number of rotatable bonds is 3. The van der Waals surface area contributed by atoms with Crippen LogP contribution in [-0.4, -0.2) is 30.5 Å². The Balaban J connectivity index is 1.66. The largest absolute Gasteiger partial charge is 0.497 e. The van der Waals surface area contributed by atoms with Gasteiger partial charge in [0.2, 0.25) is 5.91 Å². The Labute approximate surface area is 175 Å². The molecule has 1 fully saturated rings. The number of nitrogens with zero attached hydrogens (tertiary/aromatic N) is 3. The van der Waals surface area contributed by atoms with Gasteiger partial charge in [-0.25, -0.2) is 0 Å². The summed E-state index contributed by atoms with van der Waals surface area (Å²) < 4.78 is 5.32. The standard InChI is InChI=1S/C23H23N3O2S/c1-15-7-8-18(9-16(15)2)25-13-26-22(27)11-20(21(12-24)23(26)29-14-25)17-5-4-6-19(10-17)28-3/h4-10,20H,11,13-14H2,1-3H3/t20-/m0/s1. The van der Waals surface area contributed by atoms with Crippen molar-refractivity contribution in [3.05, 3.63) is 69.8 Å². The molecule has 148 valence electrons. The second kappa shape index (κ2) is 7.84. The molecule has 0 N–H and O–H groups in total. The molecule has 4 rings (SSSR count). The molecule has 5 nitrogen and oxygen atoms in total. The maximum absolute atomic E-state index is 13.0. The van der Waals surface area contributed by atoms with Crippen LogP contribution in [0, 0.1) is 25.2 Å². The van der Waals surface area contributed by atoms with Crippen molar-refractivity contribution >= 4 is 23.4 Å². The van der Waals surface area contributed by atoms with Crippen molar-refractivity contribution in [3.8, 4) is 11.8 Å². The van der Waals surface area contributed by atoms with Crippen LogP contribution in [0.4, 0.5) is 5.69 Å². The van der Waals surface area contributed by atoms with E-state index in [2.05, 4.69) is 43.0 Å². The number of anilines is 1. The number of nitriles is 1. The van der Waals surface area contributed by atoms with Crippen LogP contribution in [-0.2, 0) is 4.79 Å². The molecule has 0 aromatic heterocycles. The van der Waals surface area contributed by atoms with Gasteiger partial charge in [0, 0.05) is 18.0 Å². The summed E-state index contributed by atoms with van der Waals surface area (Å²) >= 11 is 1.56. The summed E-state index contributed by atoms with van der Waals surface area (Å²) in [4.78, 5) is 17.0. The van der Waals surface area contributed by atoms with Crippen molar-refractivity contribution in [1.82, 2.24) is 4.90 Å². The monoisotopic (exact) mass is 405 g/mol. The maximum Gasteiger partial charge on any atom is 0.229 e. The second-order valence-corrected chi connectivity index (χ2v) is 8.34. The molecule has 0 unspecified atom stereocenters. The molecule has 2 aliphatic heterocycles. The molecular weight excluding hydrogens is 382 g/mol. The van der Waals surface area contributed by atoms with Crippen molar-refractivity contribution in [2.75, 3.05) is 24.6 Å². The molecule has 2 aromatic carbocycles. The second-order valence-electron chi connectivity index (χ2n) is 7.41.